The Hall–Kier alpha value is -2.42. The number of benzene rings is 2. The third-order valence-electron chi connectivity index (χ3n) is 5.71. The summed E-state index contributed by atoms with van der Waals surface area (Å²) in [5.41, 5.74) is 1.74. The second kappa shape index (κ2) is 8.98. The normalized spacial score (nSPS) is 19.7. The van der Waals surface area contributed by atoms with Crippen LogP contribution >= 0.6 is 11.6 Å². The third kappa shape index (κ3) is 4.61. The maximum Gasteiger partial charge on any atom is 0.243 e. The van der Waals surface area contributed by atoms with Crippen molar-refractivity contribution in [3.05, 3.63) is 59.1 Å². The zero-order valence-electron chi connectivity index (χ0n) is 17.0. The van der Waals surface area contributed by atoms with Gasteiger partial charge in [-0.05, 0) is 61.2 Å². The molecule has 0 bridgehead atoms. The van der Waals surface area contributed by atoms with Crippen LogP contribution in [-0.4, -0.2) is 43.7 Å². The fourth-order valence-corrected chi connectivity index (χ4v) is 5.84. The fraction of sp³-hybridized carbons (Fsp3) is 0.364. The van der Waals surface area contributed by atoms with Crippen molar-refractivity contribution in [1.82, 2.24) is 9.62 Å². The molecule has 2 aliphatic heterocycles. The first-order valence-electron chi connectivity index (χ1n) is 10.3. The SMILES string of the molecule is O=C(NCc1ccc(N2CCCC2=O)cc1)[C@@H]1CCCN1S(=O)(=O)c1ccc(Cl)cc1. The number of carbonyl (C=O) groups excluding carboxylic acids is 2. The minimum atomic E-state index is -3.78. The van der Waals surface area contributed by atoms with E-state index in [-0.39, 0.29) is 16.7 Å². The molecule has 9 heteroatoms. The highest BCUT2D eigenvalue weighted by Crippen LogP contribution is 2.27. The van der Waals surface area contributed by atoms with Crippen LogP contribution in [0, 0.1) is 0 Å². The van der Waals surface area contributed by atoms with Gasteiger partial charge < -0.3 is 10.2 Å². The average molecular weight is 462 g/mol. The summed E-state index contributed by atoms with van der Waals surface area (Å²) in [6.07, 6.45) is 2.56. The molecule has 7 nitrogen and oxygen atoms in total. The van der Waals surface area contributed by atoms with E-state index >= 15 is 0 Å². The molecule has 2 saturated heterocycles. The summed E-state index contributed by atoms with van der Waals surface area (Å²) in [7, 11) is -3.78. The lowest BCUT2D eigenvalue weighted by Gasteiger charge is -2.23. The van der Waals surface area contributed by atoms with Crippen LogP contribution in [0.4, 0.5) is 5.69 Å². The van der Waals surface area contributed by atoms with Gasteiger partial charge in [-0.3, -0.25) is 9.59 Å². The molecular weight excluding hydrogens is 438 g/mol. The van der Waals surface area contributed by atoms with Crippen LogP contribution in [0.2, 0.25) is 5.02 Å². The summed E-state index contributed by atoms with van der Waals surface area (Å²) in [6.45, 7) is 1.33. The van der Waals surface area contributed by atoms with Gasteiger partial charge in [0.05, 0.1) is 4.90 Å². The minimum absolute atomic E-state index is 0.128. The second-order valence-corrected chi connectivity index (χ2v) is 10.1. The van der Waals surface area contributed by atoms with Gasteiger partial charge in [0.15, 0.2) is 0 Å². The van der Waals surface area contributed by atoms with Crippen LogP contribution < -0.4 is 10.2 Å². The van der Waals surface area contributed by atoms with Crippen LogP contribution in [0.25, 0.3) is 0 Å². The highest BCUT2D eigenvalue weighted by molar-refractivity contribution is 7.89. The van der Waals surface area contributed by atoms with Crippen molar-refractivity contribution in [3.63, 3.8) is 0 Å². The molecule has 2 fully saturated rings. The van der Waals surface area contributed by atoms with Gasteiger partial charge in [-0.1, -0.05) is 23.7 Å². The number of hydrogen-bond acceptors (Lipinski definition) is 4. The molecule has 0 unspecified atom stereocenters. The van der Waals surface area contributed by atoms with Gasteiger partial charge in [0.2, 0.25) is 21.8 Å². The second-order valence-electron chi connectivity index (χ2n) is 7.76. The number of amides is 2. The van der Waals surface area contributed by atoms with Crippen LogP contribution in [-0.2, 0) is 26.2 Å². The van der Waals surface area contributed by atoms with Crippen LogP contribution in [0.5, 0.6) is 0 Å². The van der Waals surface area contributed by atoms with Crippen molar-refractivity contribution in [2.24, 2.45) is 0 Å². The Bertz CT molecular complexity index is 1070. The number of carbonyl (C=O) groups is 2. The molecule has 2 aliphatic rings. The molecule has 2 heterocycles. The molecule has 1 atom stereocenters. The number of halogens is 1. The van der Waals surface area contributed by atoms with Crippen molar-refractivity contribution in [3.8, 4) is 0 Å². The summed E-state index contributed by atoms with van der Waals surface area (Å²) in [5, 5.41) is 3.31. The van der Waals surface area contributed by atoms with E-state index in [1.54, 1.807) is 4.90 Å². The molecular formula is C22H24ClN3O4S. The van der Waals surface area contributed by atoms with E-state index in [1.165, 1.54) is 28.6 Å². The van der Waals surface area contributed by atoms with E-state index in [1.807, 2.05) is 24.3 Å². The van der Waals surface area contributed by atoms with Crippen LogP contribution in [0.3, 0.4) is 0 Å². The summed E-state index contributed by atoms with van der Waals surface area (Å²) >= 11 is 5.86. The molecule has 31 heavy (non-hydrogen) atoms. The molecule has 0 aliphatic carbocycles. The number of anilines is 1. The van der Waals surface area contributed by atoms with Crippen molar-refractivity contribution < 1.29 is 18.0 Å². The summed E-state index contributed by atoms with van der Waals surface area (Å²) in [5.74, 6) is -0.182. The maximum absolute atomic E-state index is 13.0. The first-order chi connectivity index (χ1) is 14.9. The Morgan fingerprint density at radius 2 is 1.74 bits per heavy atom. The lowest BCUT2D eigenvalue weighted by atomic mass is 10.1. The van der Waals surface area contributed by atoms with Gasteiger partial charge in [-0.15, -0.1) is 0 Å². The molecule has 4 rings (SSSR count). The van der Waals surface area contributed by atoms with Crippen molar-refractivity contribution in [1.29, 1.82) is 0 Å². The number of rotatable bonds is 6. The quantitative estimate of drug-likeness (QED) is 0.716. The fourth-order valence-electron chi connectivity index (χ4n) is 4.05. The van der Waals surface area contributed by atoms with Crippen LogP contribution in [0.15, 0.2) is 53.4 Å². The van der Waals surface area contributed by atoms with Gasteiger partial charge in [0, 0.05) is 36.8 Å². The average Bonchev–Trinajstić information content (AvgIpc) is 3.42. The number of hydrogen-bond donors (Lipinski definition) is 1. The molecule has 2 amide bonds. The van der Waals surface area contributed by atoms with Gasteiger partial charge in [0.25, 0.3) is 0 Å². The Morgan fingerprint density at radius 1 is 1.03 bits per heavy atom. The smallest absolute Gasteiger partial charge is 0.243 e. The monoisotopic (exact) mass is 461 g/mol. The predicted octanol–water partition coefficient (Wildman–Crippen LogP) is 2.94. The molecule has 0 aromatic heterocycles. The number of nitrogens with one attached hydrogen (secondary N) is 1. The Labute approximate surface area is 187 Å². The van der Waals surface area contributed by atoms with E-state index in [0.717, 1.165) is 24.2 Å². The highest BCUT2D eigenvalue weighted by atomic mass is 35.5. The molecule has 0 spiro atoms. The maximum atomic E-state index is 13.0. The van der Waals surface area contributed by atoms with Crippen molar-refractivity contribution >= 4 is 39.1 Å². The largest absolute Gasteiger partial charge is 0.351 e. The summed E-state index contributed by atoms with van der Waals surface area (Å²) < 4.78 is 27.3. The number of nitrogens with zero attached hydrogens (tertiary/aromatic N) is 2. The predicted molar refractivity (Wildman–Crippen MR) is 118 cm³/mol. The summed E-state index contributed by atoms with van der Waals surface area (Å²) in [4.78, 5) is 26.5. The van der Waals surface area contributed by atoms with Gasteiger partial charge in [-0.25, -0.2) is 8.42 Å². The lowest BCUT2D eigenvalue weighted by molar-refractivity contribution is -0.124. The molecule has 2 aromatic rings. The standard InChI is InChI=1S/C22H24ClN3O4S/c23-17-7-11-19(12-8-17)31(29,30)26-14-1-3-20(26)22(28)24-15-16-5-9-18(10-6-16)25-13-2-4-21(25)27/h5-12,20H,1-4,13-15H2,(H,24,28)/t20-/m0/s1. The molecule has 164 valence electrons. The first kappa shape index (κ1) is 21.8. The minimum Gasteiger partial charge on any atom is -0.351 e. The van der Waals surface area contributed by atoms with E-state index < -0.39 is 16.1 Å². The van der Waals surface area contributed by atoms with Crippen molar-refractivity contribution in [2.45, 2.75) is 43.2 Å². The summed E-state index contributed by atoms with van der Waals surface area (Å²) in [6, 6.07) is 12.7. The Morgan fingerprint density at radius 3 is 2.39 bits per heavy atom. The van der Waals surface area contributed by atoms with E-state index in [9.17, 15) is 18.0 Å². The van der Waals surface area contributed by atoms with Gasteiger partial charge in [0.1, 0.15) is 6.04 Å². The van der Waals surface area contributed by atoms with Crippen molar-refractivity contribution in [2.75, 3.05) is 18.0 Å². The van der Waals surface area contributed by atoms with Gasteiger partial charge >= 0.3 is 0 Å². The zero-order valence-corrected chi connectivity index (χ0v) is 18.5. The highest BCUT2D eigenvalue weighted by Gasteiger charge is 2.39. The van der Waals surface area contributed by atoms with Crippen LogP contribution in [0.1, 0.15) is 31.2 Å². The molecule has 2 aromatic carbocycles. The van der Waals surface area contributed by atoms with E-state index in [2.05, 4.69) is 5.32 Å². The third-order valence-corrected chi connectivity index (χ3v) is 7.89. The Kier molecular flexibility index (Phi) is 6.31. The van der Waals surface area contributed by atoms with Gasteiger partial charge in [-0.2, -0.15) is 4.31 Å². The lowest BCUT2D eigenvalue weighted by Crippen LogP contribution is -2.45. The first-order valence-corrected chi connectivity index (χ1v) is 12.1. The Balaban J connectivity index is 1.40. The zero-order chi connectivity index (χ0) is 22.0. The molecule has 1 N–H and O–H groups in total. The molecule has 0 saturated carbocycles. The number of sulfonamides is 1. The van der Waals surface area contributed by atoms with E-state index in [4.69, 9.17) is 11.6 Å². The topological polar surface area (TPSA) is 86.8 Å². The molecule has 0 radical (unpaired) electrons. The van der Waals surface area contributed by atoms with E-state index in [0.29, 0.717) is 37.4 Å².